The Bertz CT molecular complexity index is 964. The molecule has 0 fully saturated rings. The second kappa shape index (κ2) is 5.00. The van der Waals surface area contributed by atoms with Gasteiger partial charge in [-0.2, -0.15) is 0 Å². The zero-order valence-corrected chi connectivity index (χ0v) is 11.8. The lowest BCUT2D eigenvalue weighted by molar-refractivity contribution is 1.35. The highest BCUT2D eigenvalue weighted by molar-refractivity contribution is 6.10. The zero-order valence-electron chi connectivity index (χ0n) is 11.8. The van der Waals surface area contributed by atoms with E-state index in [4.69, 9.17) is 10.7 Å². The molecule has 0 saturated carbocycles. The van der Waals surface area contributed by atoms with E-state index in [2.05, 4.69) is 10.3 Å². The summed E-state index contributed by atoms with van der Waals surface area (Å²) in [6.45, 7) is 0. The molecule has 2 aromatic carbocycles. The molecule has 4 nitrogen and oxygen atoms in total. The molecule has 0 spiro atoms. The van der Waals surface area contributed by atoms with Crippen LogP contribution in [0.1, 0.15) is 0 Å². The highest BCUT2D eigenvalue weighted by Crippen LogP contribution is 2.31. The van der Waals surface area contributed by atoms with E-state index in [0.717, 1.165) is 33.2 Å². The Morgan fingerprint density at radius 3 is 2.59 bits per heavy atom. The minimum atomic E-state index is 0.703. The van der Waals surface area contributed by atoms with Gasteiger partial charge < -0.3 is 11.1 Å². The number of rotatable bonds is 2. The highest BCUT2D eigenvalue weighted by atomic mass is 15.0. The van der Waals surface area contributed by atoms with Crippen LogP contribution in [0.25, 0.3) is 21.7 Å². The van der Waals surface area contributed by atoms with Gasteiger partial charge in [-0.15, -0.1) is 0 Å². The van der Waals surface area contributed by atoms with Gasteiger partial charge in [-0.25, -0.2) is 4.98 Å². The van der Waals surface area contributed by atoms with Crippen LogP contribution in [0.15, 0.2) is 67.0 Å². The van der Waals surface area contributed by atoms with Crippen molar-refractivity contribution in [3.63, 3.8) is 0 Å². The lowest BCUT2D eigenvalue weighted by Gasteiger charge is -2.11. The van der Waals surface area contributed by atoms with Gasteiger partial charge in [0.2, 0.25) is 0 Å². The van der Waals surface area contributed by atoms with Gasteiger partial charge in [-0.3, -0.25) is 4.98 Å². The maximum atomic E-state index is 5.89. The van der Waals surface area contributed by atoms with Crippen LogP contribution in [0, 0.1) is 0 Å². The fraction of sp³-hybridized carbons (Fsp3) is 0. The molecule has 0 radical (unpaired) electrons. The quantitative estimate of drug-likeness (QED) is 0.430. The van der Waals surface area contributed by atoms with Crippen LogP contribution in [0.2, 0.25) is 0 Å². The van der Waals surface area contributed by atoms with E-state index in [1.807, 2.05) is 60.8 Å². The molecule has 106 valence electrons. The van der Waals surface area contributed by atoms with Crippen molar-refractivity contribution in [1.82, 2.24) is 9.97 Å². The Kier molecular flexibility index (Phi) is 2.86. The van der Waals surface area contributed by atoms with E-state index < -0.39 is 0 Å². The van der Waals surface area contributed by atoms with Crippen LogP contribution in [0.4, 0.5) is 17.2 Å². The smallest absolute Gasteiger partial charge is 0.139 e. The number of benzene rings is 2. The molecule has 3 N–H and O–H groups in total. The average molecular weight is 286 g/mol. The summed E-state index contributed by atoms with van der Waals surface area (Å²) in [7, 11) is 0. The topological polar surface area (TPSA) is 63.8 Å². The minimum absolute atomic E-state index is 0.703. The van der Waals surface area contributed by atoms with Crippen LogP contribution >= 0.6 is 0 Å². The predicted octanol–water partition coefficient (Wildman–Crippen LogP) is 4.11. The lowest BCUT2D eigenvalue weighted by Crippen LogP contribution is -1.97. The first-order chi connectivity index (χ1) is 10.8. The van der Waals surface area contributed by atoms with Crippen molar-refractivity contribution in [3.8, 4) is 0 Å². The van der Waals surface area contributed by atoms with E-state index in [1.165, 1.54) is 0 Å². The summed E-state index contributed by atoms with van der Waals surface area (Å²) in [5.41, 5.74) is 8.45. The van der Waals surface area contributed by atoms with E-state index in [0.29, 0.717) is 5.69 Å². The molecule has 4 rings (SSSR count). The monoisotopic (exact) mass is 286 g/mol. The van der Waals surface area contributed by atoms with Crippen LogP contribution < -0.4 is 11.1 Å². The molecule has 2 aromatic heterocycles. The number of fused-ring (bicyclic) bond motifs is 3. The first-order valence-corrected chi connectivity index (χ1v) is 7.06. The van der Waals surface area contributed by atoms with Crippen LogP contribution in [0.5, 0.6) is 0 Å². The molecule has 22 heavy (non-hydrogen) atoms. The van der Waals surface area contributed by atoms with Crippen LogP contribution in [-0.4, -0.2) is 9.97 Å². The molecule has 0 atom stereocenters. The first-order valence-electron chi connectivity index (χ1n) is 7.06. The molecule has 0 bridgehead atoms. The SMILES string of the molecule is Nc1ccc2c(c1)nc(Nc1ccccc1)c1ccncc12. The van der Waals surface area contributed by atoms with Crippen molar-refractivity contribution in [2.24, 2.45) is 0 Å². The zero-order chi connectivity index (χ0) is 14.9. The second-order valence-corrected chi connectivity index (χ2v) is 5.15. The van der Waals surface area contributed by atoms with E-state index >= 15 is 0 Å². The molecular weight excluding hydrogens is 272 g/mol. The second-order valence-electron chi connectivity index (χ2n) is 5.15. The molecule has 0 aliphatic rings. The predicted molar refractivity (Wildman–Crippen MR) is 91.2 cm³/mol. The summed E-state index contributed by atoms with van der Waals surface area (Å²) in [5.74, 6) is 0.807. The van der Waals surface area contributed by atoms with E-state index in [-0.39, 0.29) is 0 Å². The van der Waals surface area contributed by atoms with Crippen molar-refractivity contribution in [1.29, 1.82) is 0 Å². The Morgan fingerprint density at radius 1 is 0.864 bits per heavy atom. The Morgan fingerprint density at radius 2 is 1.73 bits per heavy atom. The summed E-state index contributed by atoms with van der Waals surface area (Å²) in [5, 5.41) is 6.53. The average Bonchev–Trinajstić information content (AvgIpc) is 2.56. The summed E-state index contributed by atoms with van der Waals surface area (Å²) in [4.78, 5) is 8.99. The van der Waals surface area contributed by atoms with Crippen LogP contribution in [-0.2, 0) is 0 Å². The van der Waals surface area contributed by atoms with E-state index in [9.17, 15) is 0 Å². The molecule has 0 amide bonds. The standard InChI is InChI=1S/C18H14N4/c19-12-6-7-14-16-11-20-9-8-15(16)18(22-17(14)10-12)21-13-4-2-1-3-5-13/h1-11H,19H2,(H,21,22). The number of anilines is 3. The number of hydrogen-bond acceptors (Lipinski definition) is 4. The Labute approximate surface area is 127 Å². The number of nitrogen functional groups attached to an aromatic ring is 1. The minimum Gasteiger partial charge on any atom is -0.399 e. The summed E-state index contributed by atoms with van der Waals surface area (Å²) < 4.78 is 0. The number of nitrogens with zero attached hydrogens (tertiary/aromatic N) is 2. The number of hydrogen-bond donors (Lipinski definition) is 2. The fourth-order valence-electron chi connectivity index (χ4n) is 2.62. The van der Waals surface area contributed by atoms with Gasteiger partial charge in [0, 0.05) is 39.9 Å². The molecule has 2 heterocycles. The van der Waals surface area contributed by atoms with Gasteiger partial charge in [-0.1, -0.05) is 24.3 Å². The summed E-state index contributed by atoms with van der Waals surface area (Å²) >= 11 is 0. The molecular formula is C18H14N4. The third-order valence-corrected chi connectivity index (χ3v) is 3.66. The summed E-state index contributed by atoms with van der Waals surface area (Å²) in [6.07, 6.45) is 3.65. The normalized spacial score (nSPS) is 10.9. The number of para-hydroxylation sites is 1. The number of pyridine rings is 2. The third kappa shape index (κ3) is 2.11. The third-order valence-electron chi connectivity index (χ3n) is 3.66. The van der Waals surface area contributed by atoms with Gasteiger partial charge in [0.1, 0.15) is 5.82 Å². The fourth-order valence-corrected chi connectivity index (χ4v) is 2.62. The molecule has 0 aliphatic carbocycles. The number of nitrogens with two attached hydrogens (primary N) is 1. The van der Waals surface area contributed by atoms with Crippen LogP contribution in [0.3, 0.4) is 0 Å². The van der Waals surface area contributed by atoms with Gasteiger partial charge in [-0.05, 0) is 30.3 Å². The maximum Gasteiger partial charge on any atom is 0.139 e. The molecule has 0 saturated heterocycles. The van der Waals surface area contributed by atoms with Gasteiger partial charge >= 0.3 is 0 Å². The lowest BCUT2D eigenvalue weighted by atomic mass is 10.1. The molecule has 4 aromatic rings. The molecule has 0 unspecified atom stereocenters. The van der Waals surface area contributed by atoms with Gasteiger partial charge in [0.05, 0.1) is 5.52 Å². The number of aromatic nitrogens is 2. The maximum absolute atomic E-state index is 5.89. The van der Waals surface area contributed by atoms with Gasteiger partial charge in [0.15, 0.2) is 0 Å². The Hall–Kier alpha value is -3.14. The van der Waals surface area contributed by atoms with E-state index in [1.54, 1.807) is 6.20 Å². The van der Waals surface area contributed by atoms with Crippen molar-refractivity contribution in [2.75, 3.05) is 11.1 Å². The van der Waals surface area contributed by atoms with Crippen molar-refractivity contribution in [3.05, 3.63) is 67.0 Å². The molecule has 4 heteroatoms. The van der Waals surface area contributed by atoms with Gasteiger partial charge in [0.25, 0.3) is 0 Å². The van der Waals surface area contributed by atoms with Crippen molar-refractivity contribution in [2.45, 2.75) is 0 Å². The largest absolute Gasteiger partial charge is 0.399 e. The molecule has 0 aliphatic heterocycles. The highest BCUT2D eigenvalue weighted by Gasteiger charge is 2.09. The summed E-state index contributed by atoms with van der Waals surface area (Å²) in [6, 6.07) is 17.7. The van der Waals surface area contributed by atoms with Crippen molar-refractivity contribution < 1.29 is 0 Å². The Balaban J connectivity index is 1.99. The first kappa shape index (κ1) is 12.6. The van der Waals surface area contributed by atoms with Crippen molar-refractivity contribution >= 4 is 38.9 Å². The number of nitrogens with one attached hydrogen (secondary N) is 1.